The molecule has 4 aliphatic heterocycles. The van der Waals surface area contributed by atoms with Crippen LogP contribution in [-0.4, -0.2) is 26.9 Å². The molecule has 4 aliphatic rings. The third-order valence-electron chi connectivity index (χ3n) is 25.3. The fraction of sp³-hybridized carbons (Fsp3) is 0.117. The van der Waals surface area contributed by atoms with Crippen LogP contribution < -0.4 is 96.6 Å². The molecule has 0 radical (unpaired) electrons. The van der Waals surface area contributed by atoms with Crippen molar-refractivity contribution >= 4 is 172 Å². The van der Waals surface area contributed by atoms with E-state index in [4.69, 9.17) is 0 Å². The third kappa shape index (κ3) is 15.0. The molecule has 0 fully saturated rings. The van der Waals surface area contributed by atoms with Gasteiger partial charge in [-0.15, -0.1) is 0 Å². The van der Waals surface area contributed by atoms with Crippen molar-refractivity contribution in [2.24, 2.45) is 0 Å². The summed E-state index contributed by atoms with van der Waals surface area (Å²) < 4.78 is 15.6. The molecule has 0 aliphatic carbocycles. The van der Waals surface area contributed by atoms with Crippen molar-refractivity contribution in [3.05, 3.63) is 417 Å². The first kappa shape index (κ1) is 82.0. The number of nitrogens with zero attached hydrogens (tertiary/aromatic N) is 6. The summed E-state index contributed by atoms with van der Waals surface area (Å²) >= 11 is 0. The van der Waals surface area contributed by atoms with Gasteiger partial charge < -0.3 is 31.1 Å². The van der Waals surface area contributed by atoms with E-state index in [1.54, 1.807) is 12.1 Å². The lowest BCUT2D eigenvalue weighted by Gasteiger charge is -2.42. The lowest BCUT2D eigenvalue weighted by molar-refractivity contribution is 0.628. The summed E-state index contributed by atoms with van der Waals surface area (Å²) in [6.07, 6.45) is 0. The highest BCUT2D eigenvalue weighted by molar-refractivity contribution is 7.02. The Morgan fingerprint density at radius 2 is 0.484 bits per heavy atom. The first-order valence-electron chi connectivity index (χ1n) is 42.6. The van der Waals surface area contributed by atoms with Gasteiger partial charge in [-0.05, 0) is 279 Å². The predicted molar refractivity (Wildman–Crippen MR) is 528 cm³/mol. The van der Waals surface area contributed by atoms with E-state index in [-0.39, 0.29) is 38.8 Å². The van der Waals surface area contributed by atoms with Crippen molar-refractivity contribution in [1.82, 2.24) is 6.15 Å². The third-order valence-corrected chi connectivity index (χ3v) is 25.3. The number of hydrogen-bond acceptors (Lipinski definition) is 8. The van der Waals surface area contributed by atoms with Crippen molar-refractivity contribution in [3.8, 4) is 12.1 Å². The highest BCUT2D eigenvalue weighted by Gasteiger charge is 2.46. The zero-order chi connectivity index (χ0) is 85.2. The standard InChI is InChI=1S/C50H43B2N3.C49H40B2FN3.C12H11N.H3N/c1-31-18-20-41-46(26-31)55(40-16-12-9-13-17-40)48-29-47-44(28-43(48)51(41)49-34(4)22-32(2)23-35(49)5)52(50-36(6)24-33(3)25-37(50)7)42-27-38(30-53)19-21-45(42)54(47)39-14-10-8-11-15-39;1-30-21-32(3)48(33(4)22-30)50-40-19-18-37(52)26-45(40)55(39-15-11-8-12-16-39)47-28-46-43(27-42(47)50)51(49-34(5)23-31(2)24-35(49)6)41-25-36(29-53)17-20-44(41)54(46)38-13-9-7-10-14-38;1-3-7-11(8-4-1)13-12-9-5-2-6-10-12;/h8-29H,1-7H3;7-28H,1-6H3;1-10,13H;1H3. The van der Waals surface area contributed by atoms with Gasteiger partial charge in [0.25, 0.3) is 0 Å². The van der Waals surface area contributed by atoms with E-state index in [2.05, 4.69) is 339 Å². The van der Waals surface area contributed by atoms with E-state index in [0.717, 1.165) is 90.1 Å². The Bertz CT molecular complexity index is 6410. The van der Waals surface area contributed by atoms with Gasteiger partial charge in [0.05, 0.1) is 23.3 Å². The van der Waals surface area contributed by atoms with Crippen molar-refractivity contribution in [1.29, 1.82) is 10.5 Å². The SMILES string of the molecule is Cc1cc(C)c(B2c3cc(C#N)ccc3N(c3ccccc3)c3cc4c(cc32)B(c2c(C)cc(C)cc2C)c2ccc(C)cc2N4c2ccccc2)c(C)c1.Cc1cc(C)c(B2c3cc(C#N)ccc3N(c3ccccc3)c3cc4c(cc32)B(c2c(C)cc(C)cc2C)c2ccc(F)cc2N4c2ccccc2)c(C)c1.N.c1ccc(Nc2ccccc2)cc1. The zero-order valence-corrected chi connectivity index (χ0v) is 72.8. The Labute approximate surface area is 732 Å². The van der Waals surface area contributed by atoms with Crippen LogP contribution >= 0.6 is 0 Å². The Morgan fingerprint density at radius 1 is 0.234 bits per heavy atom. The number of anilines is 14. The van der Waals surface area contributed by atoms with Crippen LogP contribution in [0.2, 0.25) is 0 Å². The number of fused-ring (bicyclic) bond motifs is 8. The van der Waals surface area contributed by atoms with E-state index in [0.29, 0.717) is 11.1 Å². The van der Waals surface area contributed by atoms with Crippen LogP contribution in [0.4, 0.5) is 84.0 Å². The van der Waals surface area contributed by atoms with Gasteiger partial charge in [-0.25, -0.2) is 4.39 Å². The van der Waals surface area contributed by atoms with Gasteiger partial charge in [-0.3, -0.25) is 0 Å². The summed E-state index contributed by atoms with van der Waals surface area (Å²) in [5, 5.41) is 23.9. The number of rotatable bonds is 10. The van der Waals surface area contributed by atoms with Crippen LogP contribution in [0.25, 0.3) is 0 Å². The van der Waals surface area contributed by atoms with E-state index >= 15 is 4.39 Å². The molecule has 0 saturated carbocycles. The maximum Gasteiger partial charge on any atom is 0.247 e. The van der Waals surface area contributed by atoms with E-state index in [9.17, 15) is 10.5 Å². The van der Waals surface area contributed by atoms with Crippen molar-refractivity contribution in [2.75, 3.05) is 24.9 Å². The Hall–Kier alpha value is -14.4. The van der Waals surface area contributed by atoms with Crippen LogP contribution in [-0.2, 0) is 0 Å². The van der Waals surface area contributed by atoms with Crippen molar-refractivity contribution in [3.63, 3.8) is 0 Å². The molecule has 13 heteroatoms. The molecule has 0 spiro atoms. The largest absolute Gasteiger partial charge is 0.356 e. The average Bonchev–Trinajstić information content (AvgIpc) is 0.704. The summed E-state index contributed by atoms with van der Waals surface area (Å²) in [6.45, 7) is 28.4. The highest BCUT2D eigenvalue weighted by atomic mass is 19.1. The summed E-state index contributed by atoms with van der Waals surface area (Å²) in [6, 6.07) is 120. The number of benzene rings is 16. The molecular formula is C111H97B4FN8. The van der Waals surface area contributed by atoms with Gasteiger partial charge in [0.2, 0.25) is 26.9 Å². The number of nitrogens with one attached hydrogen (secondary N) is 1. The summed E-state index contributed by atoms with van der Waals surface area (Å²) in [4.78, 5) is 9.51. The smallest absolute Gasteiger partial charge is 0.247 e. The quantitative estimate of drug-likeness (QED) is 0.130. The van der Waals surface area contributed by atoms with Crippen LogP contribution in [0.1, 0.15) is 83.5 Å². The average molecular weight is 1610 g/mol. The molecule has 600 valence electrons. The molecule has 124 heavy (non-hydrogen) atoms. The van der Waals surface area contributed by atoms with Crippen LogP contribution in [0.15, 0.2) is 328 Å². The molecular weight excluding hydrogens is 1510 g/mol. The molecule has 8 nitrogen and oxygen atoms in total. The maximum absolute atomic E-state index is 15.6. The van der Waals surface area contributed by atoms with Crippen molar-refractivity contribution < 1.29 is 4.39 Å². The summed E-state index contributed by atoms with van der Waals surface area (Å²) in [5.74, 6) is -0.268. The van der Waals surface area contributed by atoms with E-state index in [1.165, 1.54) is 127 Å². The predicted octanol–water partition coefficient (Wildman–Crippen LogP) is 20.1. The van der Waals surface area contributed by atoms with Gasteiger partial charge in [0, 0.05) is 79.6 Å². The number of hydrogen-bond donors (Lipinski definition) is 2. The van der Waals surface area contributed by atoms with Crippen LogP contribution in [0.3, 0.4) is 0 Å². The van der Waals surface area contributed by atoms with Gasteiger partial charge >= 0.3 is 0 Å². The second-order valence-corrected chi connectivity index (χ2v) is 34.0. The molecule has 0 atom stereocenters. The molecule has 20 rings (SSSR count). The Kier molecular flexibility index (Phi) is 22.4. The minimum atomic E-state index is -0.268. The summed E-state index contributed by atoms with van der Waals surface area (Å²) in [5.41, 5.74) is 47.3. The Balaban J connectivity index is 0.000000152. The van der Waals surface area contributed by atoms with Crippen molar-refractivity contribution in [2.45, 2.75) is 90.0 Å². The van der Waals surface area contributed by atoms with E-state index in [1.807, 2.05) is 103 Å². The number of halogens is 1. The lowest BCUT2D eigenvalue weighted by Crippen LogP contribution is -2.63. The molecule has 0 aromatic heterocycles. The molecule has 0 unspecified atom stereocenters. The van der Waals surface area contributed by atoms with Gasteiger partial charge in [0.1, 0.15) is 5.82 Å². The second-order valence-electron chi connectivity index (χ2n) is 34.0. The molecule has 16 aromatic rings. The number of para-hydroxylation sites is 6. The van der Waals surface area contributed by atoms with Gasteiger partial charge in [-0.2, -0.15) is 10.5 Å². The molecule has 0 amide bonds. The summed E-state index contributed by atoms with van der Waals surface area (Å²) in [7, 11) is 0. The molecule has 0 saturated heterocycles. The monoisotopic (exact) mass is 1600 g/mol. The minimum Gasteiger partial charge on any atom is -0.356 e. The lowest BCUT2D eigenvalue weighted by atomic mass is 9.30. The number of aryl methyl sites for hydroxylation is 13. The van der Waals surface area contributed by atoms with Gasteiger partial charge in [0.15, 0.2) is 0 Å². The minimum absolute atomic E-state index is 0. The molecule has 16 aromatic carbocycles. The number of nitriles is 2. The van der Waals surface area contributed by atoms with E-state index < -0.39 is 0 Å². The topological polar surface area (TPSA) is 108 Å². The first-order chi connectivity index (χ1) is 59.7. The highest BCUT2D eigenvalue weighted by Crippen LogP contribution is 2.46. The fourth-order valence-corrected chi connectivity index (χ4v) is 20.7. The fourth-order valence-electron chi connectivity index (χ4n) is 20.7. The second kappa shape index (κ2) is 33.9. The van der Waals surface area contributed by atoms with Gasteiger partial charge in [-0.1, -0.05) is 277 Å². The Morgan fingerprint density at radius 3 is 0.782 bits per heavy atom. The maximum atomic E-state index is 15.6. The molecule has 4 heterocycles. The first-order valence-corrected chi connectivity index (χ1v) is 42.6. The molecule has 0 bridgehead atoms. The van der Waals surface area contributed by atoms with Crippen LogP contribution in [0.5, 0.6) is 0 Å². The zero-order valence-electron chi connectivity index (χ0n) is 72.8. The van der Waals surface area contributed by atoms with Crippen LogP contribution in [0, 0.1) is 118 Å². The normalized spacial score (nSPS) is 12.4. The molecule has 4 N–H and O–H groups in total.